The van der Waals surface area contributed by atoms with Crippen molar-refractivity contribution in [1.29, 1.82) is 0 Å². The second-order valence-electron chi connectivity index (χ2n) is 1.09. The Morgan fingerprint density at radius 2 is 2.62 bits per heavy atom. The molecule has 8 heavy (non-hydrogen) atoms. The summed E-state index contributed by atoms with van der Waals surface area (Å²) in [6.07, 6.45) is 2.33. The van der Waals surface area contributed by atoms with Gasteiger partial charge in [0.1, 0.15) is 0 Å². The summed E-state index contributed by atoms with van der Waals surface area (Å²) in [6.45, 7) is -0.0764. The Kier molecular flexibility index (Phi) is 4.33. The van der Waals surface area contributed by atoms with E-state index in [4.69, 9.17) is 5.11 Å². The summed E-state index contributed by atoms with van der Waals surface area (Å²) >= 11 is 0. The Hall–Kier alpha value is 0.274. The fourth-order valence-electron chi connectivity index (χ4n) is 0.280. The molecule has 0 aliphatic rings. The van der Waals surface area contributed by atoms with Crippen LogP contribution in [0.1, 0.15) is 5.69 Å². The van der Waals surface area contributed by atoms with Crippen LogP contribution in [0, 0.1) is 6.26 Å². The van der Waals surface area contributed by atoms with E-state index in [-0.39, 0.29) is 39.3 Å². The van der Waals surface area contributed by atoms with Gasteiger partial charge in [-0.3, -0.25) is 0 Å². The Bertz CT molecular complexity index is 129. The second kappa shape index (κ2) is 4.18. The van der Waals surface area contributed by atoms with Crippen LogP contribution < -0.4 is 0 Å². The van der Waals surface area contributed by atoms with Gasteiger partial charge in [0.05, 0.1) is 0 Å². The third kappa shape index (κ3) is 2.03. The van der Waals surface area contributed by atoms with Crippen LogP contribution in [0.2, 0.25) is 0 Å². The maximum absolute atomic E-state index is 8.28. The van der Waals surface area contributed by atoms with Gasteiger partial charge in [-0.2, -0.15) is 6.07 Å². The Morgan fingerprint density at radius 1 is 1.88 bits per heavy atom. The first-order chi connectivity index (χ1) is 3.43. The van der Waals surface area contributed by atoms with Crippen molar-refractivity contribution in [2.75, 3.05) is 0 Å². The van der Waals surface area contributed by atoms with Crippen molar-refractivity contribution in [2.45, 2.75) is 6.61 Å². The molecule has 0 unspecified atom stereocenters. The standard InChI is InChI=1S/C4H4NO2.Y/c6-3-4-1-2-7-5-4;/h1,6H,3H2;/q-1;. The van der Waals surface area contributed by atoms with Crippen LogP contribution in [0.25, 0.3) is 0 Å². The molecule has 0 spiro atoms. The zero-order chi connectivity index (χ0) is 5.11. The molecule has 0 saturated carbocycles. The van der Waals surface area contributed by atoms with Gasteiger partial charge in [-0.15, -0.1) is 0 Å². The van der Waals surface area contributed by atoms with E-state index in [0.717, 1.165) is 0 Å². The Morgan fingerprint density at radius 3 is 2.88 bits per heavy atom. The van der Waals surface area contributed by atoms with Crippen molar-refractivity contribution in [3.8, 4) is 0 Å². The molecule has 3 nitrogen and oxygen atoms in total. The molecule has 1 aromatic heterocycles. The molecule has 0 aliphatic heterocycles. The molecule has 0 fully saturated rings. The fourth-order valence-corrected chi connectivity index (χ4v) is 0.280. The van der Waals surface area contributed by atoms with E-state index in [1.54, 1.807) is 0 Å². The molecule has 0 atom stereocenters. The van der Waals surface area contributed by atoms with E-state index >= 15 is 0 Å². The molecule has 0 amide bonds. The number of rotatable bonds is 1. The molecule has 1 radical (unpaired) electrons. The summed E-state index contributed by atoms with van der Waals surface area (Å²) in [5.74, 6) is 0. The number of hydrogen-bond acceptors (Lipinski definition) is 3. The molecule has 1 N–H and O–H groups in total. The molecule has 0 aromatic carbocycles. The van der Waals surface area contributed by atoms with Crippen LogP contribution in [0.5, 0.6) is 0 Å². The van der Waals surface area contributed by atoms with Crippen molar-refractivity contribution < 1.29 is 42.3 Å². The number of aromatic nitrogens is 1. The third-order valence-corrected chi connectivity index (χ3v) is 0.603. The van der Waals surface area contributed by atoms with E-state index in [1.807, 2.05) is 0 Å². The average Bonchev–Trinajstić information content (AvgIpc) is 2.14. The molecule has 0 aliphatic carbocycles. The zero-order valence-corrected chi connectivity index (χ0v) is 7.00. The monoisotopic (exact) mass is 187 g/mol. The van der Waals surface area contributed by atoms with Gasteiger partial charge in [-0.1, -0.05) is 0 Å². The van der Waals surface area contributed by atoms with Crippen LogP contribution in [-0.2, 0) is 39.3 Å². The summed E-state index contributed by atoms with van der Waals surface area (Å²) in [5, 5.41) is 11.6. The number of nitrogens with zero attached hydrogens (tertiary/aromatic N) is 1. The van der Waals surface area contributed by atoms with Gasteiger partial charge in [-0.25, -0.2) is 5.16 Å². The number of aliphatic hydroxyl groups excluding tert-OH is 1. The minimum atomic E-state index is -0.0764. The maximum atomic E-state index is 8.28. The smallest absolute Gasteiger partial charge is 0.0223 e. The van der Waals surface area contributed by atoms with Crippen molar-refractivity contribution >= 4 is 0 Å². The minimum absolute atomic E-state index is 0. The largest absolute Gasteiger partial charge is 0.480 e. The molecule has 1 aromatic rings. The Balaban J connectivity index is 0.000000490. The second-order valence-corrected chi connectivity index (χ2v) is 1.09. The van der Waals surface area contributed by atoms with E-state index in [1.165, 1.54) is 6.07 Å². The summed E-state index contributed by atoms with van der Waals surface area (Å²) in [6, 6.07) is 1.49. The quantitative estimate of drug-likeness (QED) is 0.627. The van der Waals surface area contributed by atoms with Crippen LogP contribution >= 0.6 is 0 Å². The van der Waals surface area contributed by atoms with Crippen LogP contribution in [0.3, 0.4) is 0 Å². The SMILES string of the molecule is OCc1c[c-]on1.[Y]. The van der Waals surface area contributed by atoms with Gasteiger partial charge < -0.3 is 9.63 Å². The zero-order valence-electron chi connectivity index (χ0n) is 4.16. The van der Waals surface area contributed by atoms with Gasteiger partial charge in [0.15, 0.2) is 0 Å². The maximum Gasteiger partial charge on any atom is 0.0223 e. The number of hydrogen-bond donors (Lipinski definition) is 1. The van der Waals surface area contributed by atoms with E-state index in [9.17, 15) is 0 Å². The van der Waals surface area contributed by atoms with E-state index < -0.39 is 0 Å². The van der Waals surface area contributed by atoms with Crippen molar-refractivity contribution in [1.82, 2.24) is 5.16 Å². The average molecular weight is 187 g/mol. The molecular formula is C4H4NO2Y-. The van der Waals surface area contributed by atoms with E-state index in [2.05, 4.69) is 15.9 Å². The topological polar surface area (TPSA) is 46.3 Å². The summed E-state index contributed by atoms with van der Waals surface area (Å²) in [7, 11) is 0. The molecular weight excluding hydrogens is 183 g/mol. The molecule has 1 rings (SSSR count). The van der Waals surface area contributed by atoms with Crippen LogP contribution in [0.4, 0.5) is 0 Å². The first kappa shape index (κ1) is 8.27. The fraction of sp³-hybridized carbons (Fsp3) is 0.250. The van der Waals surface area contributed by atoms with Crippen LogP contribution in [-0.4, -0.2) is 10.3 Å². The van der Waals surface area contributed by atoms with Crippen molar-refractivity contribution in [3.63, 3.8) is 0 Å². The normalized spacial score (nSPS) is 8.12. The van der Waals surface area contributed by atoms with Gasteiger partial charge >= 0.3 is 0 Å². The van der Waals surface area contributed by atoms with E-state index in [0.29, 0.717) is 5.69 Å². The molecule has 0 saturated heterocycles. The van der Waals surface area contributed by atoms with Gasteiger partial charge in [0.25, 0.3) is 0 Å². The number of aliphatic hydroxyl groups is 1. The van der Waals surface area contributed by atoms with Gasteiger partial charge in [-0.05, 0) is 12.0 Å². The first-order valence-electron chi connectivity index (χ1n) is 1.86. The van der Waals surface area contributed by atoms with Crippen LogP contribution in [0.15, 0.2) is 10.6 Å². The predicted octanol–water partition coefficient (Wildman–Crippen LogP) is -0.0354. The summed E-state index contributed by atoms with van der Waals surface area (Å²) in [5.41, 5.74) is 0.514. The Labute approximate surface area is 71.9 Å². The molecule has 41 valence electrons. The van der Waals surface area contributed by atoms with Gasteiger partial charge in [0, 0.05) is 39.3 Å². The van der Waals surface area contributed by atoms with Gasteiger partial charge in [0.2, 0.25) is 0 Å². The molecule has 1 heterocycles. The third-order valence-electron chi connectivity index (χ3n) is 0.603. The minimum Gasteiger partial charge on any atom is -0.480 e. The summed E-state index contributed by atoms with van der Waals surface area (Å²) in [4.78, 5) is 0. The summed E-state index contributed by atoms with van der Waals surface area (Å²) < 4.78 is 4.27. The van der Waals surface area contributed by atoms with Crippen molar-refractivity contribution in [2.24, 2.45) is 0 Å². The molecule has 0 bridgehead atoms. The first-order valence-corrected chi connectivity index (χ1v) is 1.86. The van der Waals surface area contributed by atoms with Crippen molar-refractivity contribution in [3.05, 3.63) is 18.0 Å². The predicted molar refractivity (Wildman–Crippen MR) is 21.3 cm³/mol. The molecule has 4 heteroatoms.